The molecule has 1 aliphatic heterocycles. The van der Waals surface area contributed by atoms with Crippen LogP contribution in [0.15, 0.2) is 18.2 Å². The standard InChI is InChI=1S/C13H16N2O5/c16-9-3-5-15(6-4-9)13(20)14-8-1-2-11(17)10(7-8)12(18)19/h1-2,7,9,16-17H,3-6H2,(H,14,20)(H,18,19). The number of anilines is 1. The number of aromatic carboxylic acids is 1. The second-order valence-corrected chi connectivity index (χ2v) is 4.69. The number of benzene rings is 1. The van der Waals surface area contributed by atoms with Gasteiger partial charge in [-0.25, -0.2) is 9.59 Å². The highest BCUT2D eigenvalue weighted by atomic mass is 16.4. The lowest BCUT2D eigenvalue weighted by atomic mass is 10.1. The van der Waals surface area contributed by atoms with Crippen molar-refractivity contribution in [3.05, 3.63) is 23.8 Å². The topological polar surface area (TPSA) is 110 Å². The van der Waals surface area contributed by atoms with Crippen LogP contribution in [0.2, 0.25) is 0 Å². The fourth-order valence-electron chi connectivity index (χ4n) is 2.06. The number of hydrogen-bond donors (Lipinski definition) is 4. The van der Waals surface area contributed by atoms with Gasteiger partial charge in [-0.3, -0.25) is 0 Å². The zero-order valence-electron chi connectivity index (χ0n) is 10.7. The van der Waals surface area contributed by atoms with Crippen LogP contribution in [0.3, 0.4) is 0 Å². The maximum atomic E-state index is 12.0. The molecular weight excluding hydrogens is 264 g/mol. The largest absolute Gasteiger partial charge is 0.507 e. The van der Waals surface area contributed by atoms with Crippen molar-refractivity contribution in [2.75, 3.05) is 18.4 Å². The lowest BCUT2D eigenvalue weighted by molar-refractivity contribution is 0.0693. The molecule has 2 rings (SSSR count). The van der Waals surface area contributed by atoms with E-state index in [0.29, 0.717) is 31.6 Å². The molecule has 0 atom stereocenters. The van der Waals surface area contributed by atoms with E-state index in [-0.39, 0.29) is 23.4 Å². The molecule has 1 aromatic rings. The van der Waals surface area contributed by atoms with E-state index in [2.05, 4.69) is 5.32 Å². The van der Waals surface area contributed by atoms with Crippen molar-refractivity contribution in [1.29, 1.82) is 0 Å². The highest BCUT2D eigenvalue weighted by molar-refractivity contribution is 5.95. The SMILES string of the molecule is O=C(O)c1cc(NC(=O)N2CCC(O)CC2)ccc1O. The molecule has 1 saturated heterocycles. The number of aromatic hydroxyl groups is 1. The minimum atomic E-state index is -1.26. The molecule has 1 fully saturated rings. The van der Waals surface area contributed by atoms with Gasteiger partial charge in [0.1, 0.15) is 11.3 Å². The first-order valence-electron chi connectivity index (χ1n) is 6.27. The molecule has 0 aromatic heterocycles. The average molecular weight is 280 g/mol. The van der Waals surface area contributed by atoms with Crippen molar-refractivity contribution in [2.45, 2.75) is 18.9 Å². The normalized spacial score (nSPS) is 15.9. The number of carbonyl (C=O) groups is 2. The molecular formula is C13H16N2O5. The summed E-state index contributed by atoms with van der Waals surface area (Å²) in [6.07, 6.45) is 0.693. The van der Waals surface area contributed by atoms with Crippen molar-refractivity contribution in [3.8, 4) is 5.75 Å². The predicted molar refractivity (Wildman–Crippen MR) is 70.9 cm³/mol. The molecule has 0 bridgehead atoms. The number of carboxylic acids is 1. The van der Waals surface area contributed by atoms with E-state index in [1.165, 1.54) is 18.2 Å². The van der Waals surface area contributed by atoms with Gasteiger partial charge in [-0.15, -0.1) is 0 Å². The molecule has 4 N–H and O–H groups in total. The third-order valence-electron chi connectivity index (χ3n) is 3.23. The van der Waals surface area contributed by atoms with E-state index in [4.69, 9.17) is 5.11 Å². The number of aliphatic hydroxyl groups excluding tert-OH is 1. The fraction of sp³-hybridized carbons (Fsp3) is 0.385. The summed E-state index contributed by atoms with van der Waals surface area (Å²) in [4.78, 5) is 24.4. The van der Waals surface area contributed by atoms with E-state index < -0.39 is 5.97 Å². The third-order valence-corrected chi connectivity index (χ3v) is 3.23. The molecule has 0 aliphatic carbocycles. The Morgan fingerprint density at radius 3 is 2.50 bits per heavy atom. The van der Waals surface area contributed by atoms with Crippen LogP contribution < -0.4 is 5.32 Å². The van der Waals surface area contributed by atoms with Gasteiger partial charge in [-0.05, 0) is 31.0 Å². The van der Waals surface area contributed by atoms with Crippen LogP contribution in [-0.2, 0) is 0 Å². The van der Waals surface area contributed by atoms with E-state index in [0.717, 1.165) is 0 Å². The van der Waals surface area contributed by atoms with Crippen LogP contribution in [0.25, 0.3) is 0 Å². The summed E-state index contributed by atoms with van der Waals surface area (Å²) in [6.45, 7) is 0.910. The second kappa shape index (κ2) is 5.79. The average Bonchev–Trinajstić information content (AvgIpc) is 2.41. The quantitative estimate of drug-likeness (QED) is 0.606. The van der Waals surface area contributed by atoms with Gasteiger partial charge in [0.2, 0.25) is 0 Å². The number of likely N-dealkylation sites (tertiary alicyclic amines) is 1. The van der Waals surface area contributed by atoms with Gasteiger partial charge in [-0.1, -0.05) is 0 Å². The highest BCUT2D eigenvalue weighted by Crippen LogP contribution is 2.22. The monoisotopic (exact) mass is 280 g/mol. The summed E-state index contributed by atoms with van der Waals surface area (Å²) >= 11 is 0. The first-order valence-corrected chi connectivity index (χ1v) is 6.27. The Kier molecular flexibility index (Phi) is 4.09. The molecule has 108 valence electrons. The minimum absolute atomic E-state index is 0.267. The molecule has 1 aromatic carbocycles. The number of nitrogens with zero attached hydrogens (tertiary/aromatic N) is 1. The summed E-state index contributed by atoms with van der Waals surface area (Å²) < 4.78 is 0. The van der Waals surface area contributed by atoms with E-state index >= 15 is 0 Å². The zero-order valence-corrected chi connectivity index (χ0v) is 10.7. The number of urea groups is 1. The Labute approximate surface area is 115 Å². The summed E-state index contributed by atoms with van der Waals surface area (Å²) in [6, 6.07) is 3.50. The molecule has 1 heterocycles. The van der Waals surface area contributed by atoms with Crippen LogP contribution in [0, 0.1) is 0 Å². The molecule has 0 radical (unpaired) electrons. The number of aliphatic hydroxyl groups is 1. The fourth-order valence-corrected chi connectivity index (χ4v) is 2.06. The number of phenols is 1. The van der Waals surface area contributed by atoms with Gasteiger partial charge in [0, 0.05) is 18.8 Å². The van der Waals surface area contributed by atoms with Gasteiger partial charge in [-0.2, -0.15) is 0 Å². The number of amides is 2. The van der Waals surface area contributed by atoms with Crippen molar-refractivity contribution in [2.24, 2.45) is 0 Å². The number of nitrogens with one attached hydrogen (secondary N) is 1. The van der Waals surface area contributed by atoms with Crippen LogP contribution in [0.5, 0.6) is 5.75 Å². The molecule has 20 heavy (non-hydrogen) atoms. The number of carboxylic acid groups (broad SMARTS) is 1. The first kappa shape index (κ1) is 14.1. The summed E-state index contributed by atoms with van der Waals surface area (Å²) in [5.74, 6) is -1.61. The Bertz CT molecular complexity index is 523. The van der Waals surface area contributed by atoms with Crippen LogP contribution in [-0.4, -0.2) is 51.4 Å². The zero-order chi connectivity index (χ0) is 14.7. The molecule has 2 amide bonds. The Morgan fingerprint density at radius 2 is 1.90 bits per heavy atom. The summed E-state index contributed by atoms with van der Waals surface area (Å²) in [5.41, 5.74) is 0.0354. The van der Waals surface area contributed by atoms with Crippen molar-refractivity contribution >= 4 is 17.7 Å². The maximum Gasteiger partial charge on any atom is 0.339 e. The maximum absolute atomic E-state index is 12.0. The lowest BCUT2D eigenvalue weighted by Gasteiger charge is -2.29. The van der Waals surface area contributed by atoms with E-state index in [9.17, 15) is 19.8 Å². The van der Waals surface area contributed by atoms with Crippen molar-refractivity contribution in [3.63, 3.8) is 0 Å². The van der Waals surface area contributed by atoms with Gasteiger partial charge < -0.3 is 25.5 Å². The first-order chi connectivity index (χ1) is 9.47. The van der Waals surface area contributed by atoms with Crippen LogP contribution in [0.1, 0.15) is 23.2 Å². The summed E-state index contributed by atoms with van der Waals surface area (Å²) in [7, 11) is 0. The van der Waals surface area contributed by atoms with Crippen molar-refractivity contribution < 1.29 is 24.9 Å². The number of carbonyl (C=O) groups excluding carboxylic acids is 1. The van der Waals surface area contributed by atoms with Gasteiger partial charge in [0.05, 0.1) is 6.10 Å². The smallest absolute Gasteiger partial charge is 0.339 e. The van der Waals surface area contributed by atoms with Gasteiger partial charge in [0.25, 0.3) is 0 Å². The Balaban J connectivity index is 2.04. The molecule has 0 saturated carbocycles. The second-order valence-electron chi connectivity index (χ2n) is 4.69. The molecule has 1 aliphatic rings. The van der Waals surface area contributed by atoms with Gasteiger partial charge in [0.15, 0.2) is 0 Å². The van der Waals surface area contributed by atoms with Crippen molar-refractivity contribution in [1.82, 2.24) is 4.90 Å². The molecule has 7 nitrogen and oxygen atoms in total. The Morgan fingerprint density at radius 1 is 1.25 bits per heavy atom. The Hall–Kier alpha value is -2.28. The minimum Gasteiger partial charge on any atom is -0.507 e. The molecule has 0 spiro atoms. The van der Waals surface area contributed by atoms with E-state index in [1.807, 2.05) is 0 Å². The number of rotatable bonds is 2. The van der Waals surface area contributed by atoms with Crippen LogP contribution >= 0.6 is 0 Å². The van der Waals surface area contributed by atoms with Gasteiger partial charge >= 0.3 is 12.0 Å². The summed E-state index contributed by atoms with van der Waals surface area (Å²) in [5, 5.41) is 30.2. The number of piperidine rings is 1. The predicted octanol–water partition coefficient (Wildman–Crippen LogP) is 1.08. The van der Waals surface area contributed by atoms with Crippen LogP contribution in [0.4, 0.5) is 10.5 Å². The molecule has 0 unspecified atom stereocenters. The highest BCUT2D eigenvalue weighted by Gasteiger charge is 2.21. The van der Waals surface area contributed by atoms with E-state index in [1.54, 1.807) is 4.90 Å². The molecule has 7 heteroatoms. The third kappa shape index (κ3) is 3.18. The number of hydrogen-bond acceptors (Lipinski definition) is 4. The lowest BCUT2D eigenvalue weighted by Crippen LogP contribution is -2.42.